The summed E-state index contributed by atoms with van der Waals surface area (Å²) < 4.78 is 1.99. The van der Waals surface area contributed by atoms with E-state index in [9.17, 15) is 0 Å². The van der Waals surface area contributed by atoms with Crippen LogP contribution in [0.2, 0.25) is 0 Å². The molecule has 2 rings (SSSR count). The molecule has 4 heteroatoms. The molecule has 0 N–H and O–H groups in total. The van der Waals surface area contributed by atoms with Crippen molar-refractivity contribution >= 4 is 0 Å². The van der Waals surface area contributed by atoms with Crippen molar-refractivity contribution < 1.29 is 31.1 Å². The van der Waals surface area contributed by atoms with Crippen LogP contribution in [-0.4, -0.2) is 34.8 Å². The smallest absolute Gasteiger partial charge is 0.349 e. The second kappa shape index (κ2) is 6.41. The molecule has 0 radical (unpaired) electrons. The van der Waals surface area contributed by atoms with E-state index in [1.807, 2.05) is 10.9 Å². The third kappa shape index (κ3) is 3.37. The first-order valence-corrected chi connectivity index (χ1v) is 5.98. The summed E-state index contributed by atoms with van der Waals surface area (Å²) in [6, 6.07) is -0.0247. The summed E-state index contributed by atoms with van der Waals surface area (Å²) in [6.45, 7) is 12.4. The van der Waals surface area contributed by atoms with Gasteiger partial charge in [0.2, 0.25) is 0 Å². The molecule has 1 aromatic heterocycles. The Balaban J connectivity index is 0.00000144. The number of likely N-dealkylation sites (tertiary alicyclic amines) is 1. The standard InChI is InChI=1S/C13H21N3.U/c1-10(2)16-13(11(3)9-14-16)12-5-7-15(4)8-6-12;/h9-10,12H,1-2,5-8H2,3-4H3;/q-2;+2. The third-order valence-corrected chi connectivity index (χ3v) is 3.48. The topological polar surface area (TPSA) is 21.1 Å². The van der Waals surface area contributed by atoms with E-state index in [2.05, 4.69) is 37.8 Å². The number of rotatable bonds is 2. The van der Waals surface area contributed by atoms with E-state index in [1.165, 1.54) is 37.2 Å². The van der Waals surface area contributed by atoms with Crippen molar-refractivity contribution in [2.75, 3.05) is 20.1 Å². The van der Waals surface area contributed by atoms with Crippen LogP contribution in [0, 0.1) is 51.9 Å². The molecule has 0 bridgehead atoms. The summed E-state index contributed by atoms with van der Waals surface area (Å²) in [7, 11) is 2.19. The van der Waals surface area contributed by atoms with Gasteiger partial charge in [-0.1, -0.05) is 0 Å². The largest absolute Gasteiger partial charge is 2.00 e. The molecule has 1 aliphatic heterocycles. The Morgan fingerprint density at radius 3 is 2.47 bits per heavy atom. The summed E-state index contributed by atoms with van der Waals surface area (Å²) in [4.78, 5) is 2.39. The van der Waals surface area contributed by atoms with Gasteiger partial charge in [0.05, 0.1) is 6.20 Å². The Bertz CT molecular complexity index is 352. The van der Waals surface area contributed by atoms with Gasteiger partial charge in [0, 0.05) is 11.6 Å². The summed E-state index contributed by atoms with van der Waals surface area (Å²) in [5.41, 5.74) is 2.63. The average Bonchev–Trinajstić information content (AvgIpc) is 2.62. The second-order valence-corrected chi connectivity index (χ2v) is 4.89. The molecule has 0 saturated carbocycles. The van der Waals surface area contributed by atoms with Crippen molar-refractivity contribution in [2.24, 2.45) is 0 Å². The number of aromatic nitrogens is 2. The van der Waals surface area contributed by atoms with Crippen LogP contribution in [0.1, 0.15) is 36.1 Å². The first kappa shape index (κ1) is 15.3. The van der Waals surface area contributed by atoms with Gasteiger partial charge < -0.3 is 23.4 Å². The summed E-state index contributed by atoms with van der Waals surface area (Å²) >= 11 is 0. The Morgan fingerprint density at radius 2 is 1.94 bits per heavy atom. The Kier molecular flexibility index (Phi) is 5.76. The molecule has 17 heavy (non-hydrogen) atoms. The van der Waals surface area contributed by atoms with Crippen molar-refractivity contribution in [1.29, 1.82) is 0 Å². The van der Waals surface area contributed by atoms with Crippen molar-refractivity contribution in [3.8, 4) is 0 Å². The van der Waals surface area contributed by atoms with Crippen LogP contribution in [0.5, 0.6) is 0 Å². The van der Waals surface area contributed by atoms with Gasteiger partial charge in [0.25, 0.3) is 0 Å². The van der Waals surface area contributed by atoms with Gasteiger partial charge in [-0.2, -0.15) is 5.10 Å². The van der Waals surface area contributed by atoms with Gasteiger partial charge in [0.1, 0.15) is 0 Å². The Hall–Kier alpha value is 0.222. The molecule has 0 atom stereocenters. The van der Waals surface area contributed by atoms with Crippen molar-refractivity contribution in [3.05, 3.63) is 31.3 Å². The molecule has 1 aromatic rings. The van der Waals surface area contributed by atoms with Gasteiger partial charge in [-0.15, -0.1) is 0 Å². The number of nitrogens with zero attached hydrogens (tertiary/aromatic N) is 3. The quantitative estimate of drug-likeness (QED) is 0.636. The fourth-order valence-corrected chi connectivity index (χ4v) is 2.54. The van der Waals surface area contributed by atoms with Crippen LogP contribution in [-0.2, 0) is 0 Å². The molecule has 1 aliphatic rings. The second-order valence-electron chi connectivity index (χ2n) is 4.89. The zero-order valence-corrected chi connectivity index (χ0v) is 15.0. The van der Waals surface area contributed by atoms with Gasteiger partial charge in [-0.05, 0) is 45.5 Å². The van der Waals surface area contributed by atoms with Gasteiger partial charge in [-0.25, -0.2) is 6.04 Å². The predicted octanol–water partition coefficient (Wildman–Crippen LogP) is 2.21. The molecule has 1 saturated heterocycles. The monoisotopic (exact) mass is 457 g/mol. The zero-order chi connectivity index (χ0) is 11.7. The normalized spacial score (nSPS) is 18.4. The third-order valence-electron chi connectivity index (χ3n) is 3.48. The molecule has 2 heterocycles. The maximum absolute atomic E-state index is 4.39. The average molecular weight is 457 g/mol. The molecule has 0 unspecified atom stereocenters. The van der Waals surface area contributed by atoms with Crippen LogP contribution < -0.4 is 0 Å². The van der Waals surface area contributed by atoms with Crippen LogP contribution in [0.4, 0.5) is 0 Å². The Labute approximate surface area is 128 Å². The fourth-order valence-electron chi connectivity index (χ4n) is 2.54. The SMILES string of the molecule is [CH2-]C([CH2-])n1ncc(C)c1C1CCN(C)CC1.[U+2]. The molecular formula is C13H21N3U. The number of piperidine rings is 1. The molecule has 0 spiro atoms. The van der Waals surface area contributed by atoms with E-state index >= 15 is 0 Å². The van der Waals surface area contributed by atoms with Gasteiger partial charge >= 0.3 is 31.1 Å². The zero-order valence-electron chi connectivity index (χ0n) is 10.8. The first-order chi connectivity index (χ1) is 7.59. The Morgan fingerprint density at radius 1 is 1.35 bits per heavy atom. The van der Waals surface area contributed by atoms with Crippen LogP contribution in [0.3, 0.4) is 0 Å². The minimum Gasteiger partial charge on any atom is -0.349 e. The van der Waals surface area contributed by atoms with Crippen LogP contribution >= 0.6 is 0 Å². The predicted molar refractivity (Wildman–Crippen MR) is 66.2 cm³/mol. The summed E-state index contributed by atoms with van der Waals surface area (Å²) in [5, 5.41) is 4.39. The molecule has 0 aromatic carbocycles. The minimum absolute atomic E-state index is 0. The maximum atomic E-state index is 4.39. The number of aryl methyl sites for hydroxylation is 1. The molecule has 0 amide bonds. The van der Waals surface area contributed by atoms with E-state index in [4.69, 9.17) is 0 Å². The molecule has 0 aliphatic carbocycles. The maximum Gasteiger partial charge on any atom is 2.00 e. The fraction of sp³-hybridized carbons (Fsp3) is 0.615. The van der Waals surface area contributed by atoms with Crippen molar-refractivity contribution in [1.82, 2.24) is 14.7 Å². The summed E-state index contributed by atoms with van der Waals surface area (Å²) in [6.07, 6.45) is 4.38. The van der Waals surface area contributed by atoms with Gasteiger partial charge in [-0.3, -0.25) is 0 Å². The van der Waals surface area contributed by atoms with E-state index < -0.39 is 0 Å². The number of hydrogen-bond donors (Lipinski definition) is 0. The molecule has 92 valence electrons. The minimum atomic E-state index is -0.0247. The molecule has 1 fully saturated rings. The molecular weight excluding hydrogens is 436 g/mol. The number of hydrogen-bond acceptors (Lipinski definition) is 2. The van der Waals surface area contributed by atoms with E-state index in [0.717, 1.165) is 0 Å². The van der Waals surface area contributed by atoms with E-state index in [0.29, 0.717) is 5.92 Å². The van der Waals surface area contributed by atoms with Crippen LogP contribution in [0.25, 0.3) is 0 Å². The van der Waals surface area contributed by atoms with E-state index in [1.54, 1.807) is 0 Å². The van der Waals surface area contributed by atoms with Crippen molar-refractivity contribution in [3.63, 3.8) is 0 Å². The molecule has 3 nitrogen and oxygen atoms in total. The first-order valence-electron chi connectivity index (χ1n) is 5.98. The van der Waals surface area contributed by atoms with Crippen molar-refractivity contribution in [2.45, 2.75) is 31.7 Å². The van der Waals surface area contributed by atoms with E-state index in [-0.39, 0.29) is 37.2 Å². The van der Waals surface area contributed by atoms with Gasteiger partial charge in [0.15, 0.2) is 0 Å². The summed E-state index contributed by atoms with van der Waals surface area (Å²) in [5.74, 6) is 0.629. The van der Waals surface area contributed by atoms with Crippen LogP contribution in [0.15, 0.2) is 6.20 Å².